The van der Waals surface area contributed by atoms with Gasteiger partial charge in [-0.2, -0.15) is 0 Å². The summed E-state index contributed by atoms with van der Waals surface area (Å²) in [4.78, 5) is 19.2. The summed E-state index contributed by atoms with van der Waals surface area (Å²) in [7, 11) is 0. The third-order valence-electron chi connectivity index (χ3n) is 0.928. The third-order valence-corrected chi connectivity index (χ3v) is 0.928. The van der Waals surface area contributed by atoms with E-state index in [4.69, 9.17) is 10.2 Å². The van der Waals surface area contributed by atoms with Crippen LogP contribution in [0.2, 0.25) is 0 Å². The van der Waals surface area contributed by atoms with Gasteiger partial charge in [-0.05, 0) is 12.8 Å². The van der Waals surface area contributed by atoms with E-state index in [1.54, 1.807) is 0 Å². The maximum atomic E-state index is 9.60. The van der Waals surface area contributed by atoms with Gasteiger partial charge in [0.2, 0.25) is 0 Å². The van der Waals surface area contributed by atoms with Gasteiger partial charge in [0.1, 0.15) is 0 Å². The molecule has 2 N–H and O–H groups in total. The molecule has 0 radical (unpaired) electrons. The van der Waals surface area contributed by atoms with Crippen LogP contribution in [-0.2, 0) is 31.3 Å². The van der Waals surface area contributed by atoms with Gasteiger partial charge in [-0.25, -0.2) is 0 Å². The van der Waals surface area contributed by atoms with Crippen LogP contribution in [-0.4, -0.2) is 22.2 Å². The van der Waals surface area contributed by atoms with Gasteiger partial charge in [-0.15, -0.1) is 0 Å². The monoisotopic (exact) mass is 224 g/mol. The Morgan fingerprint density at radius 2 is 1.15 bits per heavy atom. The molecular weight excluding hydrogens is 208 g/mol. The summed E-state index contributed by atoms with van der Waals surface area (Å²) in [5, 5.41) is 15.8. The number of carbonyl (C=O) groups is 2. The molecule has 0 fully saturated rings. The molecule has 0 aromatic heterocycles. The Labute approximate surface area is 93.2 Å². The molecule has 13 heavy (non-hydrogen) atoms. The molecule has 0 unspecified atom stereocenters. The molecule has 4 nitrogen and oxygen atoms in total. The number of carboxylic acids is 2. The first kappa shape index (κ1) is 18.4. The Balaban J connectivity index is -0.000000143. The zero-order valence-electron chi connectivity index (χ0n) is 8.04. The molecule has 0 aromatic carbocycles. The molecule has 0 bridgehead atoms. The molecule has 76 valence electrons. The van der Waals surface area contributed by atoms with E-state index in [9.17, 15) is 9.59 Å². The van der Waals surface area contributed by atoms with E-state index in [2.05, 4.69) is 0 Å². The Bertz CT molecular complexity index is 120. The SMILES string of the molecule is CCCC(=O)O.CCCC(=O)O.[Ti]. The van der Waals surface area contributed by atoms with E-state index < -0.39 is 11.9 Å². The fourth-order valence-corrected chi connectivity index (χ4v) is 0.428. The van der Waals surface area contributed by atoms with Gasteiger partial charge in [-0.3, -0.25) is 9.59 Å². The normalized spacial score (nSPS) is 7.54. The molecule has 0 aliphatic rings. The third kappa shape index (κ3) is 34.0. The van der Waals surface area contributed by atoms with E-state index in [0.717, 1.165) is 12.8 Å². The maximum Gasteiger partial charge on any atom is 0.303 e. The summed E-state index contributed by atoms with van der Waals surface area (Å²) in [5.41, 5.74) is 0. The van der Waals surface area contributed by atoms with Crippen molar-refractivity contribution in [3.63, 3.8) is 0 Å². The first-order valence-electron chi connectivity index (χ1n) is 3.98. The van der Waals surface area contributed by atoms with Crippen LogP contribution in [0.15, 0.2) is 0 Å². The number of carboxylic acid groups (broad SMARTS) is 2. The molecule has 0 heterocycles. The topological polar surface area (TPSA) is 74.6 Å². The van der Waals surface area contributed by atoms with Crippen molar-refractivity contribution in [1.29, 1.82) is 0 Å². The second-order valence-electron chi connectivity index (χ2n) is 2.29. The van der Waals surface area contributed by atoms with E-state index in [1.165, 1.54) is 0 Å². The Morgan fingerprint density at radius 1 is 0.923 bits per heavy atom. The molecule has 0 atom stereocenters. The van der Waals surface area contributed by atoms with Crippen molar-refractivity contribution < 1.29 is 41.5 Å². The van der Waals surface area contributed by atoms with Crippen LogP contribution in [0.5, 0.6) is 0 Å². The Hall–Kier alpha value is -0.346. The first-order valence-corrected chi connectivity index (χ1v) is 3.98. The van der Waals surface area contributed by atoms with Crippen LogP contribution < -0.4 is 0 Å². The van der Waals surface area contributed by atoms with Crippen molar-refractivity contribution in [1.82, 2.24) is 0 Å². The van der Waals surface area contributed by atoms with Crippen LogP contribution in [0.3, 0.4) is 0 Å². The molecule has 0 amide bonds. The Morgan fingerprint density at radius 3 is 1.15 bits per heavy atom. The quantitative estimate of drug-likeness (QED) is 0.713. The molecule has 5 heteroatoms. The van der Waals surface area contributed by atoms with Gasteiger partial charge in [0.05, 0.1) is 0 Å². The molecule has 0 rings (SSSR count). The number of rotatable bonds is 4. The van der Waals surface area contributed by atoms with Crippen LogP contribution in [0, 0.1) is 0 Å². The van der Waals surface area contributed by atoms with Crippen LogP contribution in [0.25, 0.3) is 0 Å². The van der Waals surface area contributed by atoms with E-state index in [-0.39, 0.29) is 21.7 Å². The summed E-state index contributed by atoms with van der Waals surface area (Å²) in [6.45, 7) is 3.68. The minimum atomic E-state index is -0.711. The Kier molecular flexibility index (Phi) is 20.1. The average molecular weight is 224 g/mol. The summed E-state index contributed by atoms with van der Waals surface area (Å²) >= 11 is 0. The molecular formula is C8H16O4Ti. The maximum absolute atomic E-state index is 9.60. The van der Waals surface area contributed by atoms with Gasteiger partial charge in [-0.1, -0.05) is 13.8 Å². The van der Waals surface area contributed by atoms with Crippen molar-refractivity contribution in [2.24, 2.45) is 0 Å². The first-order chi connectivity index (χ1) is 5.54. The second kappa shape index (κ2) is 14.2. The number of hydrogen-bond acceptors (Lipinski definition) is 2. The van der Waals surface area contributed by atoms with E-state index in [0.29, 0.717) is 12.8 Å². The molecule has 0 aliphatic carbocycles. The summed E-state index contributed by atoms with van der Waals surface area (Å²) in [6.07, 6.45) is 2.05. The van der Waals surface area contributed by atoms with Crippen molar-refractivity contribution in [3.8, 4) is 0 Å². The smallest absolute Gasteiger partial charge is 0.303 e. The van der Waals surface area contributed by atoms with Crippen LogP contribution >= 0.6 is 0 Å². The summed E-state index contributed by atoms with van der Waals surface area (Å²) in [6, 6.07) is 0. The molecule has 0 aromatic rings. The number of hydrogen-bond donors (Lipinski definition) is 2. The summed E-state index contributed by atoms with van der Waals surface area (Å²) in [5.74, 6) is -1.42. The van der Waals surface area contributed by atoms with E-state index in [1.807, 2.05) is 13.8 Å². The zero-order chi connectivity index (χ0) is 9.98. The predicted octanol–water partition coefficient (Wildman–Crippen LogP) is 1.74. The zero-order valence-corrected chi connectivity index (χ0v) is 9.60. The van der Waals surface area contributed by atoms with Gasteiger partial charge in [0.15, 0.2) is 0 Å². The molecule has 0 saturated carbocycles. The standard InChI is InChI=1S/2C4H8O2.Ti/c2*1-2-3-4(5)6;/h2*2-3H2,1H3,(H,5,6);. The fraction of sp³-hybridized carbons (Fsp3) is 0.750. The molecule has 0 spiro atoms. The van der Waals surface area contributed by atoms with Gasteiger partial charge >= 0.3 is 11.9 Å². The van der Waals surface area contributed by atoms with Gasteiger partial charge < -0.3 is 10.2 Å². The van der Waals surface area contributed by atoms with Crippen molar-refractivity contribution in [2.75, 3.05) is 0 Å². The minimum Gasteiger partial charge on any atom is -0.481 e. The van der Waals surface area contributed by atoms with Crippen molar-refractivity contribution in [2.45, 2.75) is 39.5 Å². The molecule has 0 aliphatic heterocycles. The molecule has 0 saturated heterocycles. The summed E-state index contributed by atoms with van der Waals surface area (Å²) < 4.78 is 0. The number of aliphatic carboxylic acids is 2. The van der Waals surface area contributed by atoms with Crippen LogP contribution in [0.1, 0.15) is 39.5 Å². The second-order valence-corrected chi connectivity index (χ2v) is 2.29. The minimum absolute atomic E-state index is 0. The van der Waals surface area contributed by atoms with Crippen molar-refractivity contribution >= 4 is 11.9 Å². The predicted molar refractivity (Wildman–Crippen MR) is 45.1 cm³/mol. The largest absolute Gasteiger partial charge is 0.481 e. The van der Waals surface area contributed by atoms with E-state index >= 15 is 0 Å². The van der Waals surface area contributed by atoms with Crippen LogP contribution in [0.4, 0.5) is 0 Å². The van der Waals surface area contributed by atoms with Crippen molar-refractivity contribution in [3.05, 3.63) is 0 Å². The van der Waals surface area contributed by atoms with Gasteiger partial charge in [0, 0.05) is 34.6 Å². The average Bonchev–Trinajstić information content (AvgIpc) is 1.87. The van der Waals surface area contributed by atoms with Gasteiger partial charge in [0.25, 0.3) is 0 Å². The fourth-order valence-electron chi connectivity index (χ4n) is 0.428.